The first-order valence-electron chi connectivity index (χ1n) is 21.3. The molecule has 10 aromatic rings. The Morgan fingerprint density at radius 1 is 0.375 bits per heavy atom. The fourth-order valence-electron chi connectivity index (χ4n) is 8.10. The molecule has 0 saturated carbocycles. The van der Waals surface area contributed by atoms with Crippen LogP contribution < -0.4 is 31.8 Å². The number of hydrogen-bond acceptors (Lipinski definition) is 0. The molecule has 0 aliphatic carbocycles. The van der Waals surface area contributed by atoms with E-state index < -0.39 is 36.7 Å². The molecule has 0 atom stereocenters. The molecule has 0 nitrogen and oxygen atoms in total. The summed E-state index contributed by atoms with van der Waals surface area (Å²) in [7, 11) is 9.77. The number of halogens is 2. The van der Waals surface area contributed by atoms with Gasteiger partial charge in [0.25, 0.3) is 0 Å². The molecule has 10 rings (SSSR count). The van der Waals surface area contributed by atoms with Crippen molar-refractivity contribution < 1.29 is 20.8 Å². The van der Waals surface area contributed by atoms with Crippen LogP contribution in [0.2, 0.25) is 13.1 Å². The summed E-state index contributed by atoms with van der Waals surface area (Å²) in [5.74, 6) is 0. The Bertz CT molecular complexity index is 2680. The maximum absolute atomic E-state index is 4.93. The summed E-state index contributed by atoms with van der Waals surface area (Å²) in [4.78, 5) is 0. The van der Waals surface area contributed by atoms with Gasteiger partial charge in [0.1, 0.15) is 0 Å². The van der Waals surface area contributed by atoms with E-state index in [-0.39, 0.29) is 0 Å². The molecule has 0 N–H and O–H groups in total. The summed E-state index contributed by atoms with van der Waals surface area (Å²) in [5, 5.41) is 13.6. The van der Waals surface area contributed by atoms with E-state index in [1.165, 1.54) is 86.8 Å². The van der Waals surface area contributed by atoms with E-state index in [1.54, 1.807) is 0 Å². The van der Waals surface area contributed by atoms with Crippen molar-refractivity contribution >= 4 is 95.8 Å². The van der Waals surface area contributed by atoms with Crippen LogP contribution in [-0.4, -0.2) is 9.52 Å². The molecule has 0 aliphatic rings. The molecule has 0 spiro atoms. The van der Waals surface area contributed by atoms with Gasteiger partial charge in [0.15, 0.2) is 0 Å². The van der Waals surface area contributed by atoms with Crippen molar-refractivity contribution in [1.82, 2.24) is 0 Å². The average Bonchev–Trinajstić information content (AvgIpc) is 3.92. The van der Waals surface area contributed by atoms with Crippen molar-refractivity contribution in [2.24, 2.45) is 0 Å². The zero-order chi connectivity index (χ0) is 44.7. The Labute approximate surface area is 404 Å². The third-order valence-electron chi connectivity index (χ3n) is 10.7. The number of fused-ring (bicyclic) bond motifs is 2. The molecular formula is C58H50Cl2P2SiZr. The molecule has 2 radical (unpaired) electrons. The van der Waals surface area contributed by atoms with Gasteiger partial charge in [0, 0.05) is 9.52 Å². The fourth-order valence-corrected chi connectivity index (χ4v) is 12.8. The average molecular weight is 999 g/mol. The van der Waals surface area contributed by atoms with Crippen LogP contribution in [0, 0.1) is 13.8 Å². The van der Waals surface area contributed by atoms with Gasteiger partial charge in [-0.25, -0.2) is 0 Å². The minimum absolute atomic E-state index is 0.591. The molecule has 0 aromatic heterocycles. The Balaban J connectivity index is 0.000000171. The summed E-state index contributed by atoms with van der Waals surface area (Å²) in [5.41, 5.74) is 7.84. The summed E-state index contributed by atoms with van der Waals surface area (Å²) in [6, 6.07) is 84.2. The third-order valence-corrected chi connectivity index (χ3v) is 15.5. The van der Waals surface area contributed by atoms with Crippen LogP contribution in [0.5, 0.6) is 0 Å². The second kappa shape index (κ2) is 24.2. The van der Waals surface area contributed by atoms with E-state index in [0.717, 1.165) is 9.52 Å². The molecule has 10 aromatic carbocycles. The van der Waals surface area contributed by atoms with E-state index in [9.17, 15) is 0 Å². The van der Waals surface area contributed by atoms with E-state index in [4.69, 9.17) is 17.0 Å². The van der Waals surface area contributed by atoms with Crippen LogP contribution in [0.15, 0.2) is 231 Å². The predicted molar refractivity (Wildman–Crippen MR) is 286 cm³/mol. The standard InChI is InChI=1S/2C28H22P.C2H6Si.2ClH.Zr/c2*1-21-18-22-11-9-17-27(28(22)19-21)23-10-8-16-26(20-23)29(24-12-4-2-5-13-24)25-14-6-3-7-15-25;1-3-2;;;/h2*2-20H,1H3;1-2H3;2*1H;/q2*-1;;;;+4/p-2. The summed E-state index contributed by atoms with van der Waals surface area (Å²) >= 11 is -0.826. The topological polar surface area (TPSA) is 0 Å². The molecule has 64 heavy (non-hydrogen) atoms. The maximum atomic E-state index is 4.93. The molecule has 0 aliphatic heterocycles. The Morgan fingerprint density at radius 2 is 0.656 bits per heavy atom. The van der Waals surface area contributed by atoms with Gasteiger partial charge in [-0.3, -0.25) is 0 Å². The van der Waals surface area contributed by atoms with Crippen molar-refractivity contribution in [1.29, 1.82) is 0 Å². The van der Waals surface area contributed by atoms with Gasteiger partial charge in [-0.05, 0) is 70.9 Å². The van der Waals surface area contributed by atoms with Crippen LogP contribution in [0.4, 0.5) is 0 Å². The first-order valence-corrected chi connectivity index (χ1v) is 32.3. The Morgan fingerprint density at radius 3 is 0.969 bits per heavy atom. The quantitative estimate of drug-likeness (QED) is 0.0808. The van der Waals surface area contributed by atoms with Gasteiger partial charge in [-0.1, -0.05) is 208 Å². The van der Waals surface area contributed by atoms with Gasteiger partial charge in [0.05, 0.1) is 0 Å². The first-order chi connectivity index (χ1) is 31.4. The van der Waals surface area contributed by atoms with E-state index in [0.29, 0.717) is 0 Å². The molecule has 0 bridgehead atoms. The van der Waals surface area contributed by atoms with Crippen LogP contribution in [-0.2, 0) is 20.8 Å². The van der Waals surface area contributed by atoms with E-state index in [1.807, 2.05) is 0 Å². The monoisotopic (exact) mass is 996 g/mol. The van der Waals surface area contributed by atoms with E-state index >= 15 is 0 Å². The molecule has 0 heterocycles. The van der Waals surface area contributed by atoms with E-state index in [2.05, 4.69) is 257 Å². The van der Waals surface area contributed by atoms with Gasteiger partial charge < -0.3 is 0 Å². The molecule has 0 fully saturated rings. The van der Waals surface area contributed by atoms with Crippen LogP contribution in [0.25, 0.3) is 43.8 Å². The summed E-state index contributed by atoms with van der Waals surface area (Å²) < 4.78 is 0. The van der Waals surface area contributed by atoms with Crippen molar-refractivity contribution in [3.63, 3.8) is 0 Å². The molecule has 314 valence electrons. The normalized spacial score (nSPS) is 10.6. The number of rotatable bonds is 8. The second-order valence-corrected chi connectivity index (χ2v) is 24.5. The Kier molecular flexibility index (Phi) is 17.9. The van der Waals surface area contributed by atoms with Crippen LogP contribution in [0.3, 0.4) is 0 Å². The van der Waals surface area contributed by atoms with Gasteiger partial charge in [-0.2, -0.15) is 12.1 Å². The minimum atomic E-state index is -0.826. The number of benzene rings is 8. The van der Waals surface area contributed by atoms with Crippen LogP contribution in [0.1, 0.15) is 11.1 Å². The van der Waals surface area contributed by atoms with Crippen LogP contribution >= 0.6 is 32.9 Å². The summed E-state index contributed by atoms with van der Waals surface area (Å²) in [6.45, 7) is 8.65. The molecule has 0 unspecified atom stereocenters. The van der Waals surface area contributed by atoms with Crippen molar-refractivity contribution in [3.8, 4) is 22.3 Å². The number of aryl methyl sites for hydroxylation is 2. The fraction of sp³-hybridized carbons (Fsp3) is 0.0690. The molecule has 0 amide bonds. The predicted octanol–water partition coefficient (Wildman–Crippen LogP) is 14.7. The molecule has 6 heteroatoms. The van der Waals surface area contributed by atoms with Gasteiger partial charge in [-0.15, -0.1) is 69.1 Å². The van der Waals surface area contributed by atoms with Crippen molar-refractivity contribution in [2.45, 2.75) is 26.9 Å². The zero-order valence-corrected chi connectivity index (χ0v) is 43.3. The first kappa shape index (κ1) is 47.5. The van der Waals surface area contributed by atoms with Crippen molar-refractivity contribution in [2.75, 3.05) is 0 Å². The van der Waals surface area contributed by atoms with Gasteiger partial charge >= 0.3 is 37.9 Å². The second-order valence-electron chi connectivity index (χ2n) is 15.4. The molecule has 0 saturated heterocycles. The summed E-state index contributed by atoms with van der Waals surface area (Å²) in [6.07, 6.45) is 0. The van der Waals surface area contributed by atoms with Gasteiger partial charge in [0.2, 0.25) is 0 Å². The van der Waals surface area contributed by atoms with Crippen molar-refractivity contribution in [3.05, 3.63) is 242 Å². The number of hydrogen-bond donors (Lipinski definition) is 0. The zero-order valence-electron chi connectivity index (χ0n) is 36.6. The SMILES string of the molecule is C[Si]C.Cc1cc2c(-c3cccc(P(c4ccccc4)c4ccccc4)c3)cccc2[cH-]1.Cc1cc2c(-c3cccc(P(c4ccccc4)c4ccccc4)c3)cccc2[cH-]1.[Cl][Zr+2][Cl]. The Hall–Kier alpha value is -4.48. The molecular weight excluding hydrogens is 949 g/mol. The third kappa shape index (κ3) is 12.0.